The van der Waals surface area contributed by atoms with Crippen LogP contribution in [0.1, 0.15) is 15.2 Å². The predicted octanol–water partition coefficient (Wildman–Crippen LogP) is 4.67. The van der Waals surface area contributed by atoms with Crippen LogP contribution in [0.4, 0.5) is 0 Å². The fraction of sp³-hybridized carbons (Fsp3) is 0.167. The standard InChI is InChI=1S/C18H16O3S/c1-11-17(13-6-4-5-7-15(13)20-2)14-10-12(18(19)21-3)8-9-16(14)22-11/h4-10H,1-3H3. The predicted molar refractivity (Wildman–Crippen MR) is 89.9 cm³/mol. The topological polar surface area (TPSA) is 35.5 Å². The summed E-state index contributed by atoms with van der Waals surface area (Å²) in [5.41, 5.74) is 2.71. The van der Waals surface area contributed by atoms with E-state index in [9.17, 15) is 4.79 Å². The zero-order valence-electron chi connectivity index (χ0n) is 12.7. The van der Waals surface area contributed by atoms with Gasteiger partial charge in [-0.3, -0.25) is 0 Å². The van der Waals surface area contributed by atoms with Gasteiger partial charge in [-0.2, -0.15) is 0 Å². The number of carbonyl (C=O) groups excluding carboxylic acids is 1. The zero-order chi connectivity index (χ0) is 15.7. The van der Waals surface area contributed by atoms with Gasteiger partial charge in [0.25, 0.3) is 0 Å². The molecule has 112 valence electrons. The first kappa shape index (κ1) is 14.6. The molecule has 0 amide bonds. The summed E-state index contributed by atoms with van der Waals surface area (Å²) in [6.07, 6.45) is 0. The second kappa shape index (κ2) is 5.81. The van der Waals surface area contributed by atoms with Gasteiger partial charge in [0.1, 0.15) is 5.75 Å². The highest BCUT2D eigenvalue weighted by molar-refractivity contribution is 7.19. The van der Waals surface area contributed by atoms with Crippen molar-refractivity contribution >= 4 is 27.4 Å². The molecule has 2 aromatic carbocycles. The van der Waals surface area contributed by atoms with Crippen LogP contribution in [0, 0.1) is 6.92 Å². The van der Waals surface area contributed by atoms with Gasteiger partial charge in [-0.25, -0.2) is 4.79 Å². The normalized spacial score (nSPS) is 10.7. The Labute approximate surface area is 133 Å². The number of ether oxygens (including phenoxy) is 2. The Hall–Kier alpha value is -2.33. The largest absolute Gasteiger partial charge is 0.496 e. The summed E-state index contributed by atoms with van der Waals surface area (Å²) < 4.78 is 11.5. The second-order valence-corrected chi connectivity index (χ2v) is 6.19. The summed E-state index contributed by atoms with van der Waals surface area (Å²) in [6, 6.07) is 13.6. The lowest BCUT2D eigenvalue weighted by Gasteiger charge is -2.09. The van der Waals surface area contributed by atoms with Crippen molar-refractivity contribution in [2.24, 2.45) is 0 Å². The number of rotatable bonds is 3. The van der Waals surface area contributed by atoms with E-state index in [-0.39, 0.29) is 5.97 Å². The maximum Gasteiger partial charge on any atom is 0.337 e. The molecule has 3 aromatic rings. The van der Waals surface area contributed by atoms with Crippen LogP contribution in [0.5, 0.6) is 5.75 Å². The minimum Gasteiger partial charge on any atom is -0.496 e. The van der Waals surface area contributed by atoms with Gasteiger partial charge in [0, 0.05) is 26.1 Å². The third-order valence-electron chi connectivity index (χ3n) is 3.66. The third-order valence-corrected chi connectivity index (χ3v) is 4.75. The Morgan fingerprint density at radius 1 is 1.09 bits per heavy atom. The number of hydrogen-bond acceptors (Lipinski definition) is 4. The summed E-state index contributed by atoms with van der Waals surface area (Å²) in [5, 5.41) is 1.05. The number of fused-ring (bicyclic) bond motifs is 1. The van der Waals surface area contributed by atoms with Crippen molar-refractivity contribution in [1.29, 1.82) is 0 Å². The summed E-state index contributed by atoms with van der Waals surface area (Å²) >= 11 is 1.71. The van der Waals surface area contributed by atoms with E-state index in [1.165, 1.54) is 12.0 Å². The van der Waals surface area contributed by atoms with E-state index in [2.05, 4.69) is 6.92 Å². The van der Waals surface area contributed by atoms with Gasteiger partial charge in [0.2, 0.25) is 0 Å². The van der Waals surface area contributed by atoms with Crippen LogP contribution in [-0.4, -0.2) is 20.2 Å². The highest BCUT2D eigenvalue weighted by Crippen LogP contribution is 2.42. The first-order valence-corrected chi connectivity index (χ1v) is 7.72. The van der Waals surface area contributed by atoms with Gasteiger partial charge in [0.15, 0.2) is 0 Å². The Bertz CT molecular complexity index is 849. The highest BCUT2D eigenvalue weighted by atomic mass is 32.1. The van der Waals surface area contributed by atoms with Crippen LogP contribution < -0.4 is 4.74 Å². The molecule has 1 aromatic heterocycles. The number of para-hydroxylation sites is 1. The Morgan fingerprint density at radius 2 is 1.86 bits per heavy atom. The van der Waals surface area contributed by atoms with Crippen molar-refractivity contribution in [3.05, 3.63) is 52.9 Å². The van der Waals surface area contributed by atoms with Gasteiger partial charge >= 0.3 is 5.97 Å². The molecule has 22 heavy (non-hydrogen) atoms. The first-order chi connectivity index (χ1) is 10.7. The lowest BCUT2D eigenvalue weighted by Crippen LogP contribution is -2.00. The summed E-state index contributed by atoms with van der Waals surface area (Å²) in [5.74, 6) is 0.505. The molecule has 0 fully saturated rings. The zero-order valence-corrected chi connectivity index (χ0v) is 13.5. The second-order valence-electron chi connectivity index (χ2n) is 4.94. The van der Waals surface area contributed by atoms with Gasteiger partial charge in [-0.1, -0.05) is 18.2 Å². The number of benzene rings is 2. The van der Waals surface area contributed by atoms with Crippen molar-refractivity contribution in [1.82, 2.24) is 0 Å². The average molecular weight is 312 g/mol. The first-order valence-electron chi connectivity index (χ1n) is 6.90. The van der Waals surface area contributed by atoms with Crippen LogP contribution in [0.15, 0.2) is 42.5 Å². The van der Waals surface area contributed by atoms with Crippen molar-refractivity contribution in [2.45, 2.75) is 6.92 Å². The monoisotopic (exact) mass is 312 g/mol. The van der Waals surface area contributed by atoms with Gasteiger partial charge in [-0.05, 0) is 31.2 Å². The van der Waals surface area contributed by atoms with Crippen LogP contribution in [0.2, 0.25) is 0 Å². The molecule has 0 atom stereocenters. The molecule has 0 spiro atoms. The van der Waals surface area contributed by atoms with Gasteiger partial charge in [0.05, 0.1) is 19.8 Å². The Morgan fingerprint density at radius 3 is 2.59 bits per heavy atom. The van der Waals surface area contributed by atoms with E-state index >= 15 is 0 Å². The highest BCUT2D eigenvalue weighted by Gasteiger charge is 2.16. The average Bonchev–Trinajstić information content (AvgIpc) is 2.88. The molecule has 0 aliphatic heterocycles. The minimum absolute atomic E-state index is 0.322. The number of methoxy groups -OCH3 is 2. The van der Waals surface area contributed by atoms with E-state index in [1.54, 1.807) is 24.5 Å². The molecule has 1 heterocycles. The molecule has 3 nitrogen and oxygen atoms in total. The smallest absolute Gasteiger partial charge is 0.337 e. The number of hydrogen-bond donors (Lipinski definition) is 0. The maximum absolute atomic E-state index is 11.8. The molecule has 3 rings (SSSR count). The lowest BCUT2D eigenvalue weighted by molar-refractivity contribution is 0.0601. The van der Waals surface area contributed by atoms with E-state index in [4.69, 9.17) is 9.47 Å². The number of esters is 1. The van der Waals surface area contributed by atoms with Crippen LogP contribution in [0.25, 0.3) is 21.2 Å². The van der Waals surface area contributed by atoms with E-state index < -0.39 is 0 Å². The van der Waals surface area contributed by atoms with Gasteiger partial charge in [-0.15, -0.1) is 11.3 Å². The quantitative estimate of drug-likeness (QED) is 0.659. The number of thiophene rings is 1. The third kappa shape index (κ3) is 2.35. The van der Waals surface area contributed by atoms with E-state index in [0.717, 1.165) is 27.0 Å². The summed E-state index contributed by atoms with van der Waals surface area (Å²) in [6.45, 7) is 2.09. The summed E-state index contributed by atoms with van der Waals surface area (Å²) in [7, 11) is 3.06. The molecule has 0 aliphatic rings. The van der Waals surface area contributed by atoms with Crippen LogP contribution >= 0.6 is 11.3 Å². The molecule has 0 radical (unpaired) electrons. The molecule has 0 bridgehead atoms. The van der Waals surface area contributed by atoms with Crippen molar-refractivity contribution < 1.29 is 14.3 Å². The molecule has 0 saturated carbocycles. The van der Waals surface area contributed by atoms with Crippen molar-refractivity contribution in [3.8, 4) is 16.9 Å². The molecule has 0 saturated heterocycles. The van der Waals surface area contributed by atoms with Gasteiger partial charge < -0.3 is 9.47 Å². The molecular formula is C18H16O3S. The lowest BCUT2D eigenvalue weighted by atomic mass is 10.00. The number of carbonyl (C=O) groups is 1. The Kier molecular flexibility index (Phi) is 3.86. The van der Waals surface area contributed by atoms with E-state index in [1.807, 2.05) is 36.4 Å². The minimum atomic E-state index is -0.322. The van der Waals surface area contributed by atoms with Crippen LogP contribution in [0.3, 0.4) is 0 Å². The SMILES string of the molecule is COC(=O)c1ccc2sc(C)c(-c3ccccc3OC)c2c1. The Balaban J connectivity index is 2.28. The number of aryl methyl sites for hydroxylation is 1. The molecular weight excluding hydrogens is 296 g/mol. The molecule has 0 unspecified atom stereocenters. The fourth-order valence-electron chi connectivity index (χ4n) is 2.65. The molecule has 4 heteroatoms. The fourth-order valence-corrected chi connectivity index (χ4v) is 3.71. The summed E-state index contributed by atoms with van der Waals surface area (Å²) in [4.78, 5) is 13.0. The van der Waals surface area contributed by atoms with Crippen molar-refractivity contribution in [3.63, 3.8) is 0 Å². The van der Waals surface area contributed by atoms with Crippen molar-refractivity contribution in [2.75, 3.05) is 14.2 Å². The molecule has 0 aliphatic carbocycles. The molecule has 0 N–H and O–H groups in total. The van der Waals surface area contributed by atoms with Crippen LogP contribution in [-0.2, 0) is 4.74 Å². The maximum atomic E-state index is 11.8. The van der Waals surface area contributed by atoms with E-state index in [0.29, 0.717) is 5.56 Å².